The third kappa shape index (κ3) is 3.98. The number of urea groups is 1. The molecule has 0 heterocycles. The van der Waals surface area contributed by atoms with Crippen LogP contribution < -0.4 is 10.6 Å². The van der Waals surface area contributed by atoms with E-state index in [1.54, 1.807) is 6.07 Å². The summed E-state index contributed by atoms with van der Waals surface area (Å²) < 4.78 is 39.5. The fraction of sp³-hybridized carbons (Fsp3) is 0.133. The molecule has 0 aliphatic heterocycles. The third-order valence-corrected chi connectivity index (χ3v) is 2.90. The Morgan fingerprint density at radius 3 is 2.50 bits per heavy atom. The molecular formula is C15H13F3N2O2. The van der Waals surface area contributed by atoms with Gasteiger partial charge >= 0.3 is 6.03 Å². The third-order valence-electron chi connectivity index (χ3n) is 2.90. The zero-order valence-corrected chi connectivity index (χ0v) is 11.3. The van der Waals surface area contributed by atoms with Gasteiger partial charge in [0.25, 0.3) is 0 Å². The average molecular weight is 310 g/mol. The van der Waals surface area contributed by atoms with Gasteiger partial charge in [-0.05, 0) is 18.2 Å². The number of nitrogens with one attached hydrogen (secondary N) is 2. The summed E-state index contributed by atoms with van der Waals surface area (Å²) in [7, 11) is 0. The van der Waals surface area contributed by atoms with Crippen LogP contribution in [0.2, 0.25) is 0 Å². The molecule has 2 aromatic rings. The van der Waals surface area contributed by atoms with Crippen molar-refractivity contribution in [3.8, 4) is 0 Å². The van der Waals surface area contributed by atoms with Crippen molar-refractivity contribution in [2.24, 2.45) is 0 Å². The van der Waals surface area contributed by atoms with Crippen molar-refractivity contribution >= 4 is 11.7 Å². The van der Waals surface area contributed by atoms with Gasteiger partial charge in [0.15, 0.2) is 0 Å². The minimum Gasteiger partial charge on any atom is -0.386 e. The highest BCUT2D eigenvalue weighted by Gasteiger charge is 2.14. The second-order valence-electron chi connectivity index (χ2n) is 4.50. The van der Waals surface area contributed by atoms with Crippen LogP contribution in [-0.2, 0) is 0 Å². The van der Waals surface area contributed by atoms with E-state index in [4.69, 9.17) is 0 Å². The van der Waals surface area contributed by atoms with Crippen LogP contribution in [0.3, 0.4) is 0 Å². The number of benzene rings is 2. The van der Waals surface area contributed by atoms with E-state index in [0.29, 0.717) is 6.07 Å². The summed E-state index contributed by atoms with van der Waals surface area (Å²) in [6.45, 7) is -0.268. The van der Waals surface area contributed by atoms with Gasteiger partial charge in [-0.1, -0.05) is 18.2 Å². The minimum atomic E-state index is -1.25. The summed E-state index contributed by atoms with van der Waals surface area (Å²) in [5.74, 6) is -2.29. The van der Waals surface area contributed by atoms with Crippen LogP contribution in [0, 0.1) is 17.5 Å². The number of carbonyl (C=O) groups is 1. The number of halogens is 3. The molecule has 4 nitrogen and oxygen atoms in total. The van der Waals surface area contributed by atoms with Crippen LogP contribution in [0.15, 0.2) is 42.5 Å². The first kappa shape index (κ1) is 15.8. The lowest BCUT2D eigenvalue weighted by atomic mass is 10.1. The van der Waals surface area contributed by atoms with Gasteiger partial charge in [-0.25, -0.2) is 18.0 Å². The van der Waals surface area contributed by atoms with E-state index in [1.807, 2.05) is 0 Å². The standard InChI is InChI=1S/C15H13F3N2O2/c16-9-5-6-13(12(18)7-9)20-15(22)19-8-14(21)10-3-1-2-4-11(10)17/h1-7,14,21H,8H2,(H2,19,20,22)/t14-/m1/s1. The van der Waals surface area contributed by atoms with Gasteiger partial charge in [0.1, 0.15) is 17.5 Å². The van der Waals surface area contributed by atoms with Crippen molar-refractivity contribution in [3.05, 3.63) is 65.5 Å². The number of carbonyl (C=O) groups excluding carboxylic acids is 1. The van der Waals surface area contributed by atoms with Crippen molar-refractivity contribution in [2.75, 3.05) is 11.9 Å². The lowest BCUT2D eigenvalue weighted by Crippen LogP contribution is -2.32. The molecule has 0 spiro atoms. The summed E-state index contributed by atoms with van der Waals surface area (Å²) in [5.41, 5.74) is -0.171. The van der Waals surface area contributed by atoms with Gasteiger partial charge in [0.05, 0.1) is 11.8 Å². The van der Waals surface area contributed by atoms with E-state index in [-0.39, 0.29) is 17.8 Å². The first-order valence-electron chi connectivity index (χ1n) is 6.40. The van der Waals surface area contributed by atoms with E-state index >= 15 is 0 Å². The minimum absolute atomic E-state index is 0.0377. The fourth-order valence-electron chi connectivity index (χ4n) is 1.80. The van der Waals surface area contributed by atoms with Crippen LogP contribution >= 0.6 is 0 Å². The number of amides is 2. The highest BCUT2D eigenvalue weighted by molar-refractivity contribution is 5.89. The molecular weight excluding hydrogens is 297 g/mol. The van der Waals surface area contributed by atoms with E-state index in [1.165, 1.54) is 18.2 Å². The smallest absolute Gasteiger partial charge is 0.319 e. The summed E-state index contributed by atoms with van der Waals surface area (Å²) in [6, 6.07) is 7.49. The molecule has 0 fully saturated rings. The molecule has 0 aromatic heterocycles. The van der Waals surface area contributed by atoms with Crippen LogP contribution in [0.25, 0.3) is 0 Å². The average Bonchev–Trinajstić information content (AvgIpc) is 2.48. The summed E-state index contributed by atoms with van der Waals surface area (Å²) >= 11 is 0. The molecule has 0 saturated heterocycles. The molecule has 0 bridgehead atoms. The molecule has 2 rings (SSSR count). The Morgan fingerprint density at radius 2 is 1.82 bits per heavy atom. The Balaban J connectivity index is 1.91. The number of aliphatic hydroxyl groups is 1. The topological polar surface area (TPSA) is 61.4 Å². The van der Waals surface area contributed by atoms with E-state index in [9.17, 15) is 23.1 Å². The van der Waals surface area contributed by atoms with Gasteiger partial charge in [-0.15, -0.1) is 0 Å². The maximum atomic E-state index is 13.4. The lowest BCUT2D eigenvalue weighted by Gasteiger charge is -2.13. The zero-order valence-electron chi connectivity index (χ0n) is 11.3. The monoisotopic (exact) mass is 310 g/mol. The quantitative estimate of drug-likeness (QED) is 0.813. The van der Waals surface area contributed by atoms with Gasteiger partial charge in [0, 0.05) is 18.2 Å². The van der Waals surface area contributed by atoms with Gasteiger partial charge in [-0.3, -0.25) is 0 Å². The Labute approximate surface area is 124 Å². The number of hydrogen-bond donors (Lipinski definition) is 3. The maximum absolute atomic E-state index is 13.4. The molecule has 22 heavy (non-hydrogen) atoms. The van der Waals surface area contributed by atoms with Crippen LogP contribution in [-0.4, -0.2) is 17.7 Å². The van der Waals surface area contributed by atoms with Crippen molar-refractivity contribution in [3.63, 3.8) is 0 Å². The van der Waals surface area contributed by atoms with E-state index in [0.717, 1.165) is 12.1 Å². The fourth-order valence-corrected chi connectivity index (χ4v) is 1.80. The highest BCUT2D eigenvalue weighted by Crippen LogP contribution is 2.16. The molecule has 116 valence electrons. The molecule has 7 heteroatoms. The molecule has 2 aromatic carbocycles. The normalized spacial score (nSPS) is 11.8. The highest BCUT2D eigenvalue weighted by atomic mass is 19.1. The summed E-state index contributed by atoms with van der Waals surface area (Å²) in [5, 5.41) is 14.2. The predicted molar refractivity (Wildman–Crippen MR) is 74.7 cm³/mol. The van der Waals surface area contributed by atoms with Gasteiger partial charge < -0.3 is 15.7 Å². The molecule has 3 N–H and O–H groups in total. The summed E-state index contributed by atoms with van der Waals surface area (Å²) in [4.78, 5) is 11.6. The Bertz CT molecular complexity index is 680. The van der Waals surface area contributed by atoms with Crippen LogP contribution in [0.1, 0.15) is 11.7 Å². The maximum Gasteiger partial charge on any atom is 0.319 e. The van der Waals surface area contributed by atoms with Crippen molar-refractivity contribution < 1.29 is 23.1 Å². The SMILES string of the molecule is O=C(NC[C@@H](O)c1ccccc1F)Nc1ccc(F)cc1F. The molecule has 0 aliphatic carbocycles. The summed E-state index contributed by atoms with van der Waals surface area (Å²) in [6.07, 6.45) is -1.25. The second kappa shape index (κ2) is 6.95. The van der Waals surface area contributed by atoms with E-state index in [2.05, 4.69) is 10.6 Å². The molecule has 0 unspecified atom stereocenters. The molecule has 0 aliphatic rings. The lowest BCUT2D eigenvalue weighted by molar-refractivity contribution is 0.170. The number of hydrogen-bond acceptors (Lipinski definition) is 2. The predicted octanol–water partition coefficient (Wildman–Crippen LogP) is 2.96. The second-order valence-corrected chi connectivity index (χ2v) is 4.50. The Morgan fingerprint density at radius 1 is 1.09 bits per heavy atom. The molecule has 0 saturated carbocycles. The largest absolute Gasteiger partial charge is 0.386 e. The van der Waals surface area contributed by atoms with E-state index < -0.39 is 29.6 Å². The molecule has 1 atom stereocenters. The first-order valence-corrected chi connectivity index (χ1v) is 6.40. The number of anilines is 1. The van der Waals surface area contributed by atoms with Gasteiger partial charge in [-0.2, -0.15) is 0 Å². The first-order chi connectivity index (χ1) is 10.5. The Hall–Kier alpha value is -2.54. The van der Waals surface area contributed by atoms with Crippen LogP contribution in [0.4, 0.5) is 23.7 Å². The Kier molecular flexibility index (Phi) is 5.00. The number of aliphatic hydroxyl groups excluding tert-OH is 1. The zero-order chi connectivity index (χ0) is 16.1. The van der Waals surface area contributed by atoms with Crippen LogP contribution in [0.5, 0.6) is 0 Å². The molecule has 2 amide bonds. The molecule has 0 radical (unpaired) electrons. The van der Waals surface area contributed by atoms with Crippen molar-refractivity contribution in [2.45, 2.75) is 6.10 Å². The van der Waals surface area contributed by atoms with Gasteiger partial charge in [0.2, 0.25) is 0 Å². The number of rotatable bonds is 4. The van der Waals surface area contributed by atoms with Crippen molar-refractivity contribution in [1.82, 2.24) is 5.32 Å². The van der Waals surface area contributed by atoms with Crippen molar-refractivity contribution in [1.29, 1.82) is 0 Å².